The van der Waals surface area contributed by atoms with Crippen LogP contribution in [0.15, 0.2) is 82.7 Å². The van der Waals surface area contributed by atoms with Gasteiger partial charge >= 0.3 is 0 Å². The Kier molecular flexibility index (Phi) is 6.60. The topological polar surface area (TPSA) is 53.5 Å². The highest BCUT2D eigenvalue weighted by Crippen LogP contribution is 2.20. The molecule has 0 saturated heterocycles. The number of fused-ring (bicyclic) bond motifs is 1. The van der Waals surface area contributed by atoms with Gasteiger partial charge in [0, 0.05) is 24.2 Å². The fourth-order valence-corrected chi connectivity index (χ4v) is 3.90. The zero-order valence-electron chi connectivity index (χ0n) is 15.7. The second-order valence-electron chi connectivity index (χ2n) is 6.33. The van der Waals surface area contributed by atoms with E-state index in [4.69, 9.17) is 0 Å². The Morgan fingerprint density at radius 1 is 1.00 bits per heavy atom. The molecule has 0 radical (unpaired) electrons. The standard InChI is InChI=1S/C22H25N3OS/c1-17(19-13-12-18-8-6-7-9-20(18)16-19)25-22(23-2)24-14-15-27(26)21-10-4-3-5-11-21/h3-13,16-17H,14-15H2,1-2H3,(H2,23,24,25). The van der Waals surface area contributed by atoms with Crippen LogP contribution in [0.5, 0.6) is 0 Å². The molecule has 2 atom stereocenters. The normalized spacial score (nSPS) is 13.9. The second kappa shape index (κ2) is 9.33. The number of hydrogen-bond acceptors (Lipinski definition) is 2. The molecule has 0 aromatic heterocycles. The average Bonchev–Trinajstić information content (AvgIpc) is 2.73. The quantitative estimate of drug-likeness (QED) is 0.505. The van der Waals surface area contributed by atoms with E-state index in [1.165, 1.54) is 16.3 Å². The molecule has 0 heterocycles. The first-order valence-electron chi connectivity index (χ1n) is 9.06. The van der Waals surface area contributed by atoms with E-state index >= 15 is 0 Å². The van der Waals surface area contributed by atoms with Crippen molar-refractivity contribution in [3.63, 3.8) is 0 Å². The zero-order valence-corrected chi connectivity index (χ0v) is 16.5. The van der Waals surface area contributed by atoms with Gasteiger partial charge in [-0.3, -0.25) is 9.20 Å². The number of nitrogens with one attached hydrogen (secondary N) is 2. The number of benzene rings is 3. The van der Waals surface area contributed by atoms with Crippen LogP contribution in [-0.4, -0.2) is 29.5 Å². The number of hydrogen-bond donors (Lipinski definition) is 2. The van der Waals surface area contributed by atoms with Gasteiger partial charge in [-0.2, -0.15) is 0 Å². The van der Waals surface area contributed by atoms with Crippen molar-refractivity contribution in [2.45, 2.75) is 17.9 Å². The SMILES string of the molecule is CN=C(NCCS(=O)c1ccccc1)NC(C)c1ccc2ccccc2c1. The van der Waals surface area contributed by atoms with E-state index in [-0.39, 0.29) is 6.04 Å². The summed E-state index contributed by atoms with van der Waals surface area (Å²) in [6.07, 6.45) is 0. The van der Waals surface area contributed by atoms with E-state index in [0.717, 1.165) is 4.90 Å². The van der Waals surface area contributed by atoms with E-state index < -0.39 is 10.8 Å². The molecular weight excluding hydrogens is 354 g/mol. The maximum absolute atomic E-state index is 12.3. The second-order valence-corrected chi connectivity index (χ2v) is 7.90. The molecule has 2 unspecified atom stereocenters. The molecule has 0 fully saturated rings. The number of rotatable bonds is 6. The number of guanidine groups is 1. The highest BCUT2D eigenvalue weighted by Gasteiger charge is 2.09. The van der Waals surface area contributed by atoms with Crippen molar-refractivity contribution in [1.29, 1.82) is 0 Å². The summed E-state index contributed by atoms with van der Waals surface area (Å²) >= 11 is 0. The first-order chi connectivity index (χ1) is 13.2. The fourth-order valence-electron chi connectivity index (χ4n) is 2.91. The minimum absolute atomic E-state index is 0.112. The lowest BCUT2D eigenvalue weighted by Gasteiger charge is -2.18. The first-order valence-corrected chi connectivity index (χ1v) is 10.4. The zero-order chi connectivity index (χ0) is 19.1. The Labute approximate surface area is 163 Å². The molecule has 140 valence electrons. The highest BCUT2D eigenvalue weighted by atomic mass is 32.2. The molecule has 0 aliphatic rings. The van der Waals surface area contributed by atoms with Crippen LogP contribution in [0.2, 0.25) is 0 Å². The summed E-state index contributed by atoms with van der Waals surface area (Å²) in [7, 11) is 0.735. The lowest BCUT2D eigenvalue weighted by molar-refractivity contribution is 0.677. The van der Waals surface area contributed by atoms with Crippen LogP contribution < -0.4 is 10.6 Å². The van der Waals surface area contributed by atoms with Crippen LogP contribution in [0.4, 0.5) is 0 Å². The molecule has 5 heteroatoms. The minimum Gasteiger partial charge on any atom is -0.355 e. The van der Waals surface area contributed by atoms with Gasteiger partial charge < -0.3 is 10.6 Å². The molecular formula is C22H25N3OS. The monoisotopic (exact) mass is 379 g/mol. The molecule has 4 nitrogen and oxygen atoms in total. The third kappa shape index (κ3) is 5.17. The largest absolute Gasteiger partial charge is 0.355 e. The van der Waals surface area contributed by atoms with Crippen LogP contribution >= 0.6 is 0 Å². The van der Waals surface area contributed by atoms with Gasteiger partial charge in [-0.05, 0) is 41.5 Å². The number of nitrogens with zero attached hydrogens (tertiary/aromatic N) is 1. The lowest BCUT2D eigenvalue weighted by atomic mass is 10.0. The highest BCUT2D eigenvalue weighted by molar-refractivity contribution is 7.85. The third-order valence-electron chi connectivity index (χ3n) is 4.44. The van der Waals surface area contributed by atoms with Crippen molar-refractivity contribution in [1.82, 2.24) is 10.6 Å². The molecule has 0 aliphatic heterocycles. The summed E-state index contributed by atoms with van der Waals surface area (Å²) in [5.74, 6) is 1.25. The van der Waals surface area contributed by atoms with Gasteiger partial charge in [0.1, 0.15) is 0 Å². The molecule has 0 amide bonds. The molecule has 3 rings (SSSR count). The lowest BCUT2D eigenvalue weighted by Crippen LogP contribution is -2.40. The predicted molar refractivity (Wildman–Crippen MR) is 115 cm³/mol. The minimum atomic E-state index is -1.01. The van der Waals surface area contributed by atoms with E-state index in [9.17, 15) is 4.21 Å². The molecule has 0 spiro atoms. The summed E-state index contributed by atoms with van der Waals surface area (Å²) in [5, 5.41) is 9.12. The smallest absolute Gasteiger partial charge is 0.191 e. The fraction of sp³-hybridized carbons (Fsp3) is 0.227. The van der Waals surface area contributed by atoms with Gasteiger partial charge in [0.15, 0.2) is 5.96 Å². The van der Waals surface area contributed by atoms with Crippen LogP contribution in [0.1, 0.15) is 18.5 Å². The van der Waals surface area contributed by atoms with Gasteiger partial charge in [0.2, 0.25) is 0 Å². The van der Waals surface area contributed by atoms with Crippen molar-refractivity contribution in [2.24, 2.45) is 4.99 Å². The van der Waals surface area contributed by atoms with Crippen molar-refractivity contribution < 1.29 is 4.21 Å². The summed E-state index contributed by atoms with van der Waals surface area (Å²) in [6, 6.07) is 24.5. The van der Waals surface area contributed by atoms with Crippen molar-refractivity contribution >= 4 is 27.5 Å². The molecule has 3 aromatic carbocycles. The van der Waals surface area contributed by atoms with Gasteiger partial charge in [0.25, 0.3) is 0 Å². The van der Waals surface area contributed by atoms with Gasteiger partial charge in [-0.15, -0.1) is 0 Å². The molecule has 0 bridgehead atoms. The van der Waals surface area contributed by atoms with Crippen molar-refractivity contribution in [2.75, 3.05) is 19.3 Å². The summed E-state index contributed by atoms with van der Waals surface area (Å²) in [6.45, 7) is 2.70. The summed E-state index contributed by atoms with van der Waals surface area (Å²) in [5.41, 5.74) is 1.20. The molecule has 2 N–H and O–H groups in total. The Morgan fingerprint density at radius 2 is 1.70 bits per heavy atom. The van der Waals surface area contributed by atoms with Gasteiger partial charge in [0.05, 0.1) is 16.8 Å². The molecule has 27 heavy (non-hydrogen) atoms. The Hall–Kier alpha value is -2.66. The molecule has 0 saturated carbocycles. The van der Waals surface area contributed by atoms with Gasteiger partial charge in [-0.1, -0.05) is 54.6 Å². The summed E-state index contributed by atoms with van der Waals surface area (Å²) < 4.78 is 12.3. The van der Waals surface area contributed by atoms with Crippen molar-refractivity contribution in [3.8, 4) is 0 Å². The van der Waals surface area contributed by atoms with E-state index in [1.807, 2.05) is 30.3 Å². The van der Waals surface area contributed by atoms with Crippen LogP contribution in [0.25, 0.3) is 10.8 Å². The van der Waals surface area contributed by atoms with Gasteiger partial charge in [-0.25, -0.2) is 0 Å². The maximum Gasteiger partial charge on any atom is 0.191 e. The molecule has 0 aliphatic carbocycles. The van der Waals surface area contributed by atoms with Crippen LogP contribution in [-0.2, 0) is 10.8 Å². The average molecular weight is 380 g/mol. The maximum atomic E-state index is 12.3. The van der Waals surface area contributed by atoms with E-state index in [0.29, 0.717) is 18.3 Å². The Bertz CT molecular complexity index is 940. The predicted octanol–water partition coefficient (Wildman–Crippen LogP) is 3.87. The Balaban J connectivity index is 1.55. The van der Waals surface area contributed by atoms with E-state index in [1.54, 1.807) is 7.05 Å². The first kappa shape index (κ1) is 19.1. The number of aliphatic imine (C=N–C) groups is 1. The summed E-state index contributed by atoms with van der Waals surface area (Å²) in [4.78, 5) is 5.13. The van der Waals surface area contributed by atoms with Crippen LogP contribution in [0, 0.1) is 0 Å². The van der Waals surface area contributed by atoms with Crippen LogP contribution in [0.3, 0.4) is 0 Å². The van der Waals surface area contributed by atoms with Crippen molar-refractivity contribution in [3.05, 3.63) is 78.4 Å². The van der Waals surface area contributed by atoms with E-state index in [2.05, 4.69) is 65.0 Å². The molecule has 3 aromatic rings. The third-order valence-corrected chi connectivity index (χ3v) is 5.81. The Morgan fingerprint density at radius 3 is 2.44 bits per heavy atom.